The zero-order chi connectivity index (χ0) is 15.0. The molecule has 5 heteroatoms. The minimum atomic E-state index is -0.0251. The average molecular weight is 298 g/mol. The molecule has 0 saturated heterocycles. The topological polar surface area (TPSA) is 58.4 Å². The third-order valence-electron chi connectivity index (χ3n) is 3.13. The number of nitrogens with zero attached hydrogens (tertiary/aromatic N) is 1. The predicted molar refractivity (Wildman–Crippen MR) is 86.1 cm³/mol. The number of carbonyl (C=O) groups is 1. The summed E-state index contributed by atoms with van der Waals surface area (Å²) in [5, 5.41) is 3.36. The number of unbranched alkanes of at least 4 members (excludes halogenated alkanes) is 1. The molecule has 1 aromatic carbocycles. The first-order valence-corrected chi connectivity index (χ1v) is 7.44. The summed E-state index contributed by atoms with van der Waals surface area (Å²) in [7, 11) is 2.09. The lowest BCUT2D eigenvalue weighted by atomic mass is 10.2. The minimum Gasteiger partial charge on any atom is -0.397 e. The molecule has 0 aliphatic carbocycles. The number of rotatable bonds is 8. The van der Waals surface area contributed by atoms with Gasteiger partial charge in [0.25, 0.3) is 0 Å². The van der Waals surface area contributed by atoms with Crippen molar-refractivity contribution in [2.75, 3.05) is 31.2 Å². The van der Waals surface area contributed by atoms with Gasteiger partial charge in [-0.25, -0.2) is 0 Å². The standard InChI is InChI=1S/C15H24ClN3O/c1-3-4-9-19(2)10-5-6-15(20)18-14-11-12(16)7-8-13(14)17/h7-8,11H,3-6,9-10,17H2,1-2H3,(H,18,20). The Balaban J connectivity index is 2.31. The zero-order valence-corrected chi connectivity index (χ0v) is 13.0. The van der Waals surface area contributed by atoms with Crippen molar-refractivity contribution in [3.8, 4) is 0 Å². The van der Waals surface area contributed by atoms with Gasteiger partial charge >= 0.3 is 0 Å². The van der Waals surface area contributed by atoms with Gasteiger partial charge < -0.3 is 16.0 Å². The van der Waals surface area contributed by atoms with E-state index < -0.39 is 0 Å². The van der Waals surface area contributed by atoms with Gasteiger partial charge in [-0.3, -0.25) is 4.79 Å². The summed E-state index contributed by atoms with van der Waals surface area (Å²) in [5.74, 6) is -0.0251. The van der Waals surface area contributed by atoms with Gasteiger partial charge in [-0.05, 0) is 51.2 Å². The van der Waals surface area contributed by atoms with Gasteiger partial charge in [0, 0.05) is 11.4 Å². The quantitative estimate of drug-likeness (QED) is 0.723. The van der Waals surface area contributed by atoms with Crippen molar-refractivity contribution in [1.29, 1.82) is 0 Å². The molecule has 0 aliphatic rings. The highest BCUT2D eigenvalue weighted by Gasteiger charge is 2.06. The number of carbonyl (C=O) groups excluding carboxylic acids is 1. The molecule has 0 spiro atoms. The van der Waals surface area contributed by atoms with E-state index in [4.69, 9.17) is 17.3 Å². The molecule has 0 bridgehead atoms. The van der Waals surface area contributed by atoms with Crippen LogP contribution in [-0.4, -0.2) is 30.9 Å². The molecule has 4 nitrogen and oxygen atoms in total. The summed E-state index contributed by atoms with van der Waals surface area (Å²) in [5.41, 5.74) is 6.90. The van der Waals surface area contributed by atoms with Gasteiger partial charge in [-0.15, -0.1) is 0 Å². The summed E-state index contributed by atoms with van der Waals surface area (Å²) in [6.07, 6.45) is 3.72. The molecule has 3 N–H and O–H groups in total. The van der Waals surface area contributed by atoms with Crippen LogP contribution in [0.2, 0.25) is 5.02 Å². The maximum Gasteiger partial charge on any atom is 0.224 e. The smallest absolute Gasteiger partial charge is 0.224 e. The van der Waals surface area contributed by atoms with Gasteiger partial charge in [-0.2, -0.15) is 0 Å². The van der Waals surface area contributed by atoms with Gasteiger partial charge in [0.05, 0.1) is 11.4 Å². The Morgan fingerprint density at radius 2 is 2.05 bits per heavy atom. The second kappa shape index (κ2) is 8.82. The minimum absolute atomic E-state index is 0.0251. The SMILES string of the molecule is CCCCN(C)CCCC(=O)Nc1cc(Cl)ccc1N. The molecule has 0 unspecified atom stereocenters. The Morgan fingerprint density at radius 1 is 1.35 bits per heavy atom. The van der Waals surface area contributed by atoms with Crippen molar-refractivity contribution < 1.29 is 4.79 Å². The van der Waals surface area contributed by atoms with Crippen LogP contribution in [0.25, 0.3) is 0 Å². The summed E-state index contributed by atoms with van der Waals surface area (Å²) in [4.78, 5) is 14.1. The molecule has 112 valence electrons. The fourth-order valence-electron chi connectivity index (χ4n) is 1.90. The molecule has 0 saturated carbocycles. The highest BCUT2D eigenvalue weighted by molar-refractivity contribution is 6.31. The van der Waals surface area contributed by atoms with Gasteiger partial charge in [0.2, 0.25) is 5.91 Å². The van der Waals surface area contributed by atoms with Crippen LogP contribution in [0.4, 0.5) is 11.4 Å². The number of nitrogens with two attached hydrogens (primary N) is 1. The van der Waals surface area contributed by atoms with Crippen LogP contribution in [0.15, 0.2) is 18.2 Å². The Kier molecular flexibility index (Phi) is 7.41. The zero-order valence-electron chi connectivity index (χ0n) is 12.3. The summed E-state index contributed by atoms with van der Waals surface area (Å²) in [6.45, 7) is 4.19. The number of benzene rings is 1. The molecule has 0 heterocycles. The van der Waals surface area contributed by atoms with Crippen molar-refractivity contribution in [3.63, 3.8) is 0 Å². The Hall–Kier alpha value is -1.26. The first kappa shape index (κ1) is 16.8. The van der Waals surface area contributed by atoms with Gasteiger partial charge in [-0.1, -0.05) is 24.9 Å². The number of hydrogen-bond acceptors (Lipinski definition) is 3. The van der Waals surface area contributed by atoms with Gasteiger partial charge in [0.1, 0.15) is 0 Å². The van der Waals surface area contributed by atoms with Crippen molar-refractivity contribution in [2.45, 2.75) is 32.6 Å². The fourth-order valence-corrected chi connectivity index (χ4v) is 2.07. The maximum absolute atomic E-state index is 11.8. The highest BCUT2D eigenvalue weighted by Crippen LogP contribution is 2.23. The summed E-state index contributed by atoms with van der Waals surface area (Å²) in [6, 6.07) is 5.06. The van der Waals surface area contributed by atoms with E-state index in [1.807, 2.05) is 0 Å². The van der Waals surface area contributed by atoms with Crippen LogP contribution < -0.4 is 11.1 Å². The van der Waals surface area contributed by atoms with Crippen LogP contribution in [0.5, 0.6) is 0 Å². The van der Waals surface area contributed by atoms with Crippen molar-refractivity contribution >= 4 is 28.9 Å². The first-order chi connectivity index (χ1) is 9.52. The van der Waals surface area contributed by atoms with E-state index in [0.717, 1.165) is 19.5 Å². The van der Waals surface area contributed by atoms with Crippen molar-refractivity contribution in [3.05, 3.63) is 23.2 Å². The van der Waals surface area contributed by atoms with Crippen molar-refractivity contribution in [2.24, 2.45) is 0 Å². The molecule has 0 aromatic heterocycles. The number of nitrogen functional groups attached to an aromatic ring is 1. The van der Waals surface area contributed by atoms with Crippen LogP contribution in [0, 0.1) is 0 Å². The first-order valence-electron chi connectivity index (χ1n) is 7.06. The monoisotopic (exact) mass is 297 g/mol. The Bertz CT molecular complexity index is 437. The normalized spacial score (nSPS) is 10.8. The predicted octanol–water partition coefficient (Wildman–Crippen LogP) is 3.37. The second-order valence-electron chi connectivity index (χ2n) is 5.04. The van der Waals surface area contributed by atoms with E-state index in [-0.39, 0.29) is 5.91 Å². The lowest BCUT2D eigenvalue weighted by molar-refractivity contribution is -0.116. The molecule has 0 atom stereocenters. The Labute approximate surface area is 126 Å². The van der Waals surface area contributed by atoms with E-state index in [1.54, 1.807) is 18.2 Å². The summed E-state index contributed by atoms with van der Waals surface area (Å²) >= 11 is 5.88. The van der Waals surface area contributed by atoms with E-state index in [1.165, 1.54) is 12.8 Å². The molecular weight excluding hydrogens is 274 g/mol. The average Bonchev–Trinajstić information content (AvgIpc) is 2.40. The molecule has 1 rings (SSSR count). The van der Waals surface area contributed by atoms with Crippen LogP contribution in [0.1, 0.15) is 32.6 Å². The van der Waals surface area contributed by atoms with Crippen molar-refractivity contribution in [1.82, 2.24) is 4.90 Å². The number of anilines is 2. The lowest BCUT2D eigenvalue weighted by Crippen LogP contribution is -2.22. The third kappa shape index (κ3) is 6.26. The van der Waals surface area contributed by atoms with E-state index in [2.05, 4.69) is 24.2 Å². The number of nitrogens with one attached hydrogen (secondary N) is 1. The largest absolute Gasteiger partial charge is 0.397 e. The number of hydrogen-bond donors (Lipinski definition) is 2. The molecule has 0 radical (unpaired) electrons. The molecule has 20 heavy (non-hydrogen) atoms. The summed E-state index contributed by atoms with van der Waals surface area (Å²) < 4.78 is 0. The van der Waals surface area contributed by atoms with Gasteiger partial charge in [0.15, 0.2) is 0 Å². The second-order valence-corrected chi connectivity index (χ2v) is 5.48. The molecule has 0 fully saturated rings. The van der Waals surface area contributed by atoms with E-state index >= 15 is 0 Å². The molecule has 1 amide bonds. The van der Waals surface area contributed by atoms with Crippen LogP contribution >= 0.6 is 11.6 Å². The number of amides is 1. The van der Waals surface area contributed by atoms with E-state index in [9.17, 15) is 4.79 Å². The van der Waals surface area contributed by atoms with E-state index in [0.29, 0.717) is 22.8 Å². The highest BCUT2D eigenvalue weighted by atomic mass is 35.5. The molecular formula is C15H24ClN3O. The fraction of sp³-hybridized carbons (Fsp3) is 0.533. The maximum atomic E-state index is 11.8. The number of halogens is 1. The van der Waals surface area contributed by atoms with Crippen LogP contribution in [0.3, 0.4) is 0 Å². The van der Waals surface area contributed by atoms with Crippen LogP contribution in [-0.2, 0) is 4.79 Å². The third-order valence-corrected chi connectivity index (χ3v) is 3.36. The lowest BCUT2D eigenvalue weighted by Gasteiger charge is -2.15. The molecule has 1 aromatic rings. The molecule has 0 aliphatic heterocycles. The Morgan fingerprint density at radius 3 is 2.75 bits per heavy atom.